The zero-order valence-electron chi connectivity index (χ0n) is 10.8. The van der Waals surface area contributed by atoms with Gasteiger partial charge in [-0.3, -0.25) is 4.79 Å². The minimum absolute atomic E-state index is 0.0362. The van der Waals surface area contributed by atoms with Crippen molar-refractivity contribution in [1.82, 2.24) is 0 Å². The predicted octanol–water partition coefficient (Wildman–Crippen LogP) is 1.85. The Bertz CT molecular complexity index is 427. The van der Waals surface area contributed by atoms with Crippen LogP contribution in [0.25, 0.3) is 0 Å². The smallest absolute Gasteiger partial charge is 0.164 e. The molecule has 0 spiro atoms. The van der Waals surface area contributed by atoms with Crippen molar-refractivity contribution in [2.24, 2.45) is 5.73 Å². The van der Waals surface area contributed by atoms with Crippen LogP contribution in [0.4, 0.5) is 0 Å². The van der Waals surface area contributed by atoms with Gasteiger partial charge in [-0.2, -0.15) is 0 Å². The molecular weight excluding hydrogens is 218 g/mol. The number of rotatable bonds is 5. The maximum atomic E-state index is 11.9. The summed E-state index contributed by atoms with van der Waals surface area (Å²) in [5.41, 5.74) is 7.90. The Kier molecular flexibility index (Phi) is 4.52. The van der Waals surface area contributed by atoms with Crippen molar-refractivity contribution in [3.8, 4) is 11.5 Å². The summed E-state index contributed by atoms with van der Waals surface area (Å²) in [6.07, 6.45) is 0.343. The van der Waals surface area contributed by atoms with Crippen LogP contribution in [0, 0.1) is 13.8 Å². The summed E-state index contributed by atoms with van der Waals surface area (Å²) in [5, 5.41) is 0. The molecule has 0 aromatic heterocycles. The number of nitrogens with two attached hydrogens (primary N) is 1. The van der Waals surface area contributed by atoms with Gasteiger partial charge in [-0.05, 0) is 37.6 Å². The Balaban J connectivity index is 3.34. The van der Waals surface area contributed by atoms with Gasteiger partial charge >= 0.3 is 0 Å². The van der Waals surface area contributed by atoms with Gasteiger partial charge in [0.15, 0.2) is 17.3 Å². The van der Waals surface area contributed by atoms with Crippen LogP contribution in [0.2, 0.25) is 0 Å². The van der Waals surface area contributed by atoms with Crippen LogP contribution in [-0.4, -0.2) is 26.5 Å². The number of benzene rings is 1. The Labute approximate surface area is 102 Å². The Hall–Kier alpha value is -1.55. The number of carbonyl (C=O) groups is 1. The van der Waals surface area contributed by atoms with Gasteiger partial charge in [-0.15, -0.1) is 0 Å². The van der Waals surface area contributed by atoms with Crippen molar-refractivity contribution in [1.29, 1.82) is 0 Å². The molecule has 0 aliphatic rings. The van der Waals surface area contributed by atoms with Crippen LogP contribution in [0.3, 0.4) is 0 Å². The molecule has 0 radical (unpaired) electrons. The molecule has 0 atom stereocenters. The average Bonchev–Trinajstić information content (AvgIpc) is 2.32. The standard InChI is InChI=1S/C13H19NO3/c1-8-9(2)13(17-4)12(16-3)7-10(8)11(15)5-6-14/h7H,5-6,14H2,1-4H3. The van der Waals surface area contributed by atoms with Crippen LogP contribution in [-0.2, 0) is 0 Å². The molecule has 94 valence electrons. The number of Topliss-reactive ketones (excluding diaryl/α,β-unsaturated/α-hetero) is 1. The van der Waals surface area contributed by atoms with E-state index >= 15 is 0 Å². The monoisotopic (exact) mass is 237 g/mol. The third kappa shape index (κ3) is 2.58. The largest absolute Gasteiger partial charge is 0.493 e. The molecule has 1 rings (SSSR count). The lowest BCUT2D eigenvalue weighted by Gasteiger charge is -2.15. The molecule has 1 aromatic rings. The minimum atomic E-state index is 0.0362. The normalized spacial score (nSPS) is 10.2. The quantitative estimate of drug-likeness (QED) is 0.794. The Morgan fingerprint density at radius 3 is 2.35 bits per heavy atom. The van der Waals surface area contributed by atoms with Crippen molar-refractivity contribution in [2.75, 3.05) is 20.8 Å². The summed E-state index contributed by atoms with van der Waals surface area (Å²) in [7, 11) is 3.15. The van der Waals surface area contributed by atoms with Gasteiger partial charge in [0, 0.05) is 12.0 Å². The van der Waals surface area contributed by atoms with Crippen molar-refractivity contribution < 1.29 is 14.3 Å². The highest BCUT2D eigenvalue weighted by atomic mass is 16.5. The first-order valence-corrected chi connectivity index (χ1v) is 5.52. The number of methoxy groups -OCH3 is 2. The summed E-state index contributed by atoms with van der Waals surface area (Å²) in [6, 6.07) is 1.72. The van der Waals surface area contributed by atoms with Crippen molar-refractivity contribution in [3.05, 3.63) is 22.8 Å². The lowest BCUT2D eigenvalue weighted by atomic mass is 9.97. The van der Waals surface area contributed by atoms with E-state index in [1.165, 1.54) is 0 Å². The molecular formula is C13H19NO3. The fourth-order valence-electron chi connectivity index (χ4n) is 1.82. The molecule has 1 aromatic carbocycles. The number of hydrogen-bond acceptors (Lipinski definition) is 4. The highest BCUT2D eigenvalue weighted by molar-refractivity contribution is 5.98. The maximum Gasteiger partial charge on any atom is 0.164 e. The van der Waals surface area contributed by atoms with Gasteiger partial charge in [0.2, 0.25) is 0 Å². The zero-order valence-corrected chi connectivity index (χ0v) is 10.8. The Morgan fingerprint density at radius 1 is 1.24 bits per heavy atom. The summed E-state index contributed by atoms with van der Waals surface area (Å²) < 4.78 is 10.5. The molecule has 0 heterocycles. The third-order valence-corrected chi connectivity index (χ3v) is 2.90. The van der Waals surface area contributed by atoms with E-state index < -0.39 is 0 Å². The molecule has 0 saturated carbocycles. The van der Waals surface area contributed by atoms with Crippen LogP contribution >= 0.6 is 0 Å². The van der Waals surface area contributed by atoms with Gasteiger partial charge in [0.25, 0.3) is 0 Å². The fourth-order valence-corrected chi connectivity index (χ4v) is 1.82. The van der Waals surface area contributed by atoms with E-state index in [1.807, 2.05) is 13.8 Å². The van der Waals surface area contributed by atoms with E-state index in [-0.39, 0.29) is 5.78 Å². The van der Waals surface area contributed by atoms with E-state index in [4.69, 9.17) is 15.2 Å². The predicted molar refractivity (Wildman–Crippen MR) is 67.0 cm³/mol. The lowest BCUT2D eigenvalue weighted by Crippen LogP contribution is -2.11. The molecule has 17 heavy (non-hydrogen) atoms. The van der Waals surface area contributed by atoms with Crippen molar-refractivity contribution >= 4 is 5.78 Å². The second kappa shape index (κ2) is 5.68. The molecule has 4 nitrogen and oxygen atoms in total. The topological polar surface area (TPSA) is 61.5 Å². The van der Waals surface area contributed by atoms with Gasteiger partial charge in [0.1, 0.15) is 0 Å². The number of hydrogen-bond donors (Lipinski definition) is 1. The van der Waals surface area contributed by atoms with E-state index in [1.54, 1.807) is 20.3 Å². The highest BCUT2D eigenvalue weighted by Crippen LogP contribution is 2.35. The van der Waals surface area contributed by atoms with E-state index in [9.17, 15) is 4.79 Å². The first kappa shape index (κ1) is 13.5. The van der Waals surface area contributed by atoms with E-state index in [0.29, 0.717) is 30.0 Å². The first-order chi connectivity index (χ1) is 8.06. The van der Waals surface area contributed by atoms with Crippen LogP contribution in [0.5, 0.6) is 11.5 Å². The molecule has 0 fully saturated rings. The molecule has 2 N–H and O–H groups in total. The average molecular weight is 237 g/mol. The van der Waals surface area contributed by atoms with Gasteiger partial charge in [-0.25, -0.2) is 0 Å². The van der Waals surface area contributed by atoms with Crippen LogP contribution < -0.4 is 15.2 Å². The highest BCUT2D eigenvalue weighted by Gasteiger charge is 2.17. The summed E-state index contributed by atoms with van der Waals surface area (Å²) >= 11 is 0. The molecule has 0 saturated heterocycles. The zero-order chi connectivity index (χ0) is 13.0. The van der Waals surface area contributed by atoms with Crippen molar-refractivity contribution in [3.63, 3.8) is 0 Å². The SMILES string of the molecule is COc1cc(C(=O)CCN)c(C)c(C)c1OC. The molecule has 0 unspecified atom stereocenters. The summed E-state index contributed by atoms with van der Waals surface area (Å²) in [6.45, 7) is 4.17. The summed E-state index contributed by atoms with van der Waals surface area (Å²) in [5.74, 6) is 1.29. The molecule has 0 aliphatic heterocycles. The number of ether oxygens (including phenoxy) is 2. The van der Waals surface area contributed by atoms with Gasteiger partial charge < -0.3 is 15.2 Å². The number of ketones is 1. The fraction of sp³-hybridized carbons (Fsp3) is 0.462. The second-order valence-electron chi connectivity index (χ2n) is 3.87. The Morgan fingerprint density at radius 2 is 1.88 bits per heavy atom. The first-order valence-electron chi connectivity index (χ1n) is 5.52. The van der Waals surface area contributed by atoms with Gasteiger partial charge in [-0.1, -0.05) is 0 Å². The second-order valence-corrected chi connectivity index (χ2v) is 3.87. The van der Waals surface area contributed by atoms with Crippen molar-refractivity contribution in [2.45, 2.75) is 20.3 Å². The van der Waals surface area contributed by atoms with E-state index in [2.05, 4.69) is 0 Å². The van der Waals surface area contributed by atoms with E-state index in [0.717, 1.165) is 11.1 Å². The number of carbonyl (C=O) groups excluding carboxylic acids is 1. The van der Waals surface area contributed by atoms with Gasteiger partial charge in [0.05, 0.1) is 14.2 Å². The molecule has 4 heteroatoms. The maximum absolute atomic E-state index is 11.9. The third-order valence-electron chi connectivity index (χ3n) is 2.90. The molecule has 0 aliphatic carbocycles. The molecule has 0 bridgehead atoms. The summed E-state index contributed by atoms with van der Waals surface area (Å²) in [4.78, 5) is 11.9. The lowest BCUT2D eigenvalue weighted by molar-refractivity contribution is 0.0984. The van der Waals surface area contributed by atoms with Crippen LogP contribution in [0.15, 0.2) is 6.07 Å². The minimum Gasteiger partial charge on any atom is -0.493 e. The molecule has 0 amide bonds. The van der Waals surface area contributed by atoms with Crippen LogP contribution in [0.1, 0.15) is 27.9 Å².